The van der Waals surface area contributed by atoms with Crippen molar-refractivity contribution >= 4 is 27.9 Å². The molecule has 2 aromatic rings. The Bertz CT molecular complexity index is 734. The van der Waals surface area contributed by atoms with Gasteiger partial charge in [-0.3, -0.25) is 4.79 Å². The Kier molecular flexibility index (Phi) is 6.49. The van der Waals surface area contributed by atoms with Crippen molar-refractivity contribution in [1.29, 1.82) is 0 Å². The Morgan fingerprint density at radius 1 is 1.21 bits per heavy atom. The zero-order chi connectivity index (χ0) is 17.5. The van der Waals surface area contributed by atoms with Crippen LogP contribution in [0.3, 0.4) is 0 Å². The second-order valence-electron chi connectivity index (χ2n) is 5.04. The average Bonchev–Trinajstić information content (AvgIpc) is 2.55. The smallest absolute Gasteiger partial charge is 0.387 e. The number of alkyl halides is 2. The van der Waals surface area contributed by atoms with E-state index in [4.69, 9.17) is 0 Å². The molecule has 0 bridgehead atoms. The first kappa shape index (κ1) is 18.1. The standard InChI is InChI=1S/C18H16BrF2NO2/c1-22(12-14-7-2-4-8-15(14)19)17(23)11-10-13-6-3-5-9-16(13)24-18(20)21/h2-11,18H,12H2,1H3/b11-10+. The summed E-state index contributed by atoms with van der Waals surface area (Å²) in [5.74, 6) is -0.206. The van der Waals surface area contributed by atoms with Gasteiger partial charge in [-0.05, 0) is 23.8 Å². The number of rotatable bonds is 6. The van der Waals surface area contributed by atoms with Crippen molar-refractivity contribution in [1.82, 2.24) is 4.90 Å². The van der Waals surface area contributed by atoms with E-state index in [0.29, 0.717) is 12.1 Å². The van der Waals surface area contributed by atoms with Crippen molar-refractivity contribution in [2.24, 2.45) is 0 Å². The number of carbonyl (C=O) groups is 1. The fourth-order valence-electron chi connectivity index (χ4n) is 2.07. The third kappa shape index (κ3) is 5.16. The van der Waals surface area contributed by atoms with Crippen LogP contribution >= 0.6 is 15.9 Å². The summed E-state index contributed by atoms with van der Waals surface area (Å²) in [6.07, 6.45) is 2.81. The molecule has 0 aliphatic carbocycles. The lowest BCUT2D eigenvalue weighted by Crippen LogP contribution is -2.24. The summed E-state index contributed by atoms with van der Waals surface area (Å²) in [7, 11) is 1.67. The number of hydrogen-bond donors (Lipinski definition) is 0. The summed E-state index contributed by atoms with van der Waals surface area (Å²) >= 11 is 3.44. The Morgan fingerprint density at radius 3 is 2.58 bits per heavy atom. The van der Waals surface area contributed by atoms with Crippen LogP contribution in [-0.2, 0) is 11.3 Å². The molecule has 0 aliphatic rings. The second kappa shape index (κ2) is 8.59. The quantitative estimate of drug-likeness (QED) is 0.662. The second-order valence-corrected chi connectivity index (χ2v) is 5.89. The van der Waals surface area contributed by atoms with Crippen molar-refractivity contribution in [2.45, 2.75) is 13.2 Å². The molecule has 0 fully saturated rings. The summed E-state index contributed by atoms with van der Waals surface area (Å²) in [6.45, 7) is -2.48. The van der Waals surface area contributed by atoms with Crippen LogP contribution in [0.25, 0.3) is 6.08 Å². The van der Waals surface area contributed by atoms with Gasteiger partial charge in [0.15, 0.2) is 0 Å². The highest BCUT2D eigenvalue weighted by Crippen LogP contribution is 2.22. The molecule has 126 valence electrons. The lowest BCUT2D eigenvalue weighted by Gasteiger charge is -2.16. The minimum absolute atomic E-state index is 0.0324. The van der Waals surface area contributed by atoms with Gasteiger partial charge in [0.25, 0.3) is 0 Å². The van der Waals surface area contributed by atoms with Crippen LogP contribution < -0.4 is 4.74 Å². The van der Waals surface area contributed by atoms with Gasteiger partial charge in [0.2, 0.25) is 5.91 Å². The molecule has 0 spiro atoms. The summed E-state index contributed by atoms with van der Waals surface area (Å²) < 4.78 is 30.1. The van der Waals surface area contributed by atoms with Gasteiger partial charge in [0.1, 0.15) is 5.75 Å². The van der Waals surface area contributed by atoms with Gasteiger partial charge in [-0.1, -0.05) is 52.3 Å². The number of likely N-dealkylation sites (N-methyl/N-ethyl adjacent to an activating group) is 1. The van der Waals surface area contributed by atoms with Gasteiger partial charge in [-0.2, -0.15) is 8.78 Å². The SMILES string of the molecule is CN(Cc1ccccc1Br)C(=O)/C=C/c1ccccc1OC(F)F. The number of amides is 1. The fraction of sp³-hybridized carbons (Fsp3) is 0.167. The first-order valence-corrected chi connectivity index (χ1v) is 7.97. The zero-order valence-corrected chi connectivity index (χ0v) is 14.5. The lowest BCUT2D eigenvalue weighted by atomic mass is 10.2. The topological polar surface area (TPSA) is 29.5 Å². The van der Waals surface area contributed by atoms with Crippen LogP contribution in [0.5, 0.6) is 5.75 Å². The molecule has 0 radical (unpaired) electrons. The van der Waals surface area contributed by atoms with Gasteiger partial charge >= 0.3 is 6.61 Å². The van der Waals surface area contributed by atoms with E-state index in [1.165, 1.54) is 23.1 Å². The third-order valence-corrected chi connectivity index (χ3v) is 4.06. The molecule has 0 atom stereocenters. The largest absolute Gasteiger partial charge is 0.434 e. The highest BCUT2D eigenvalue weighted by atomic mass is 79.9. The molecule has 3 nitrogen and oxygen atoms in total. The van der Waals surface area contributed by atoms with Crippen LogP contribution in [0.15, 0.2) is 59.1 Å². The summed E-state index contributed by atoms with van der Waals surface area (Å²) in [4.78, 5) is 13.7. The maximum absolute atomic E-state index is 12.4. The molecule has 6 heteroatoms. The molecular formula is C18H16BrF2NO2. The average molecular weight is 396 g/mol. The highest BCUT2D eigenvalue weighted by Gasteiger charge is 2.10. The highest BCUT2D eigenvalue weighted by molar-refractivity contribution is 9.10. The van der Waals surface area contributed by atoms with Crippen LogP contribution in [0, 0.1) is 0 Å². The van der Waals surface area contributed by atoms with E-state index in [2.05, 4.69) is 20.7 Å². The number of benzene rings is 2. The van der Waals surface area contributed by atoms with Crippen LogP contribution in [-0.4, -0.2) is 24.5 Å². The van der Waals surface area contributed by atoms with Gasteiger partial charge in [-0.25, -0.2) is 0 Å². The number of ether oxygens (including phenoxy) is 1. The minimum atomic E-state index is -2.91. The Labute approximate surface area is 147 Å². The molecular weight excluding hydrogens is 380 g/mol. The molecule has 0 N–H and O–H groups in total. The van der Waals surface area contributed by atoms with Crippen molar-refractivity contribution in [2.75, 3.05) is 7.05 Å². The van der Waals surface area contributed by atoms with Gasteiger partial charge in [0.05, 0.1) is 0 Å². The number of halogens is 3. The number of nitrogens with zero attached hydrogens (tertiary/aromatic N) is 1. The summed E-state index contributed by atoms with van der Waals surface area (Å²) in [5.41, 5.74) is 1.39. The molecule has 0 saturated carbocycles. The molecule has 1 amide bonds. The van der Waals surface area contributed by atoms with Gasteiger partial charge in [-0.15, -0.1) is 0 Å². The van der Waals surface area contributed by atoms with Crippen LogP contribution in [0.2, 0.25) is 0 Å². The number of hydrogen-bond acceptors (Lipinski definition) is 2. The van der Waals surface area contributed by atoms with E-state index in [0.717, 1.165) is 10.0 Å². The molecule has 2 aromatic carbocycles. The van der Waals surface area contributed by atoms with E-state index in [1.807, 2.05) is 24.3 Å². The monoisotopic (exact) mass is 395 g/mol. The predicted octanol–water partition coefficient (Wildman–Crippen LogP) is 4.72. The molecule has 24 heavy (non-hydrogen) atoms. The first-order valence-electron chi connectivity index (χ1n) is 7.18. The van der Waals surface area contributed by atoms with E-state index in [-0.39, 0.29) is 11.7 Å². The molecule has 0 aliphatic heterocycles. The molecule has 0 saturated heterocycles. The van der Waals surface area contributed by atoms with Gasteiger partial charge < -0.3 is 9.64 Å². The van der Waals surface area contributed by atoms with Crippen molar-refractivity contribution in [3.63, 3.8) is 0 Å². The van der Waals surface area contributed by atoms with Crippen molar-refractivity contribution in [3.8, 4) is 5.75 Å². The van der Waals surface area contributed by atoms with Crippen molar-refractivity contribution in [3.05, 3.63) is 70.2 Å². The van der Waals surface area contributed by atoms with Crippen LogP contribution in [0.1, 0.15) is 11.1 Å². The number of para-hydroxylation sites is 1. The molecule has 0 aromatic heterocycles. The Hall–Kier alpha value is -2.21. The Balaban J connectivity index is 2.06. The fourth-order valence-corrected chi connectivity index (χ4v) is 2.48. The van der Waals surface area contributed by atoms with E-state index >= 15 is 0 Å². The third-order valence-electron chi connectivity index (χ3n) is 3.28. The molecule has 2 rings (SSSR count). The summed E-state index contributed by atoms with van der Waals surface area (Å²) in [5, 5.41) is 0. The van der Waals surface area contributed by atoms with Crippen LogP contribution in [0.4, 0.5) is 8.78 Å². The van der Waals surface area contributed by atoms with Gasteiger partial charge in [0, 0.05) is 29.7 Å². The normalized spacial score (nSPS) is 11.0. The molecule has 0 heterocycles. The summed E-state index contributed by atoms with van der Waals surface area (Å²) in [6, 6.07) is 13.9. The van der Waals surface area contributed by atoms with E-state index in [1.54, 1.807) is 25.2 Å². The maximum atomic E-state index is 12.4. The van der Waals surface area contributed by atoms with Crippen molar-refractivity contribution < 1.29 is 18.3 Å². The Morgan fingerprint density at radius 2 is 1.88 bits per heavy atom. The zero-order valence-electron chi connectivity index (χ0n) is 13.0. The minimum Gasteiger partial charge on any atom is -0.434 e. The van der Waals surface area contributed by atoms with E-state index < -0.39 is 6.61 Å². The first-order chi connectivity index (χ1) is 11.5. The lowest BCUT2D eigenvalue weighted by molar-refractivity contribution is -0.125. The predicted molar refractivity (Wildman–Crippen MR) is 92.7 cm³/mol. The number of carbonyl (C=O) groups excluding carboxylic acids is 1. The molecule has 0 unspecified atom stereocenters. The van der Waals surface area contributed by atoms with E-state index in [9.17, 15) is 13.6 Å². The maximum Gasteiger partial charge on any atom is 0.387 e.